The van der Waals surface area contributed by atoms with E-state index in [1.807, 2.05) is 37.3 Å². The Morgan fingerprint density at radius 1 is 1.23 bits per heavy atom. The minimum Gasteiger partial charge on any atom is -0.482 e. The van der Waals surface area contributed by atoms with Crippen molar-refractivity contribution in [3.8, 4) is 5.75 Å². The topological polar surface area (TPSA) is 55.8 Å². The summed E-state index contributed by atoms with van der Waals surface area (Å²) in [5.41, 5.74) is 3.11. The number of benzene rings is 2. The van der Waals surface area contributed by atoms with Crippen LogP contribution in [0.15, 0.2) is 60.7 Å². The number of para-hydroxylation sites is 1. The van der Waals surface area contributed by atoms with Crippen LogP contribution in [0.3, 0.4) is 0 Å². The molecule has 1 N–H and O–H groups in total. The summed E-state index contributed by atoms with van der Waals surface area (Å²) in [7, 11) is 0. The van der Waals surface area contributed by atoms with Gasteiger partial charge in [0.1, 0.15) is 5.75 Å². The van der Waals surface area contributed by atoms with Crippen molar-refractivity contribution in [1.29, 1.82) is 0 Å². The van der Waals surface area contributed by atoms with Gasteiger partial charge in [-0.3, -0.25) is 0 Å². The first kappa shape index (κ1) is 22.4. The maximum Gasteiger partial charge on any atom is 0.341 e. The molecule has 160 valence electrons. The normalized spacial score (nSPS) is 23.9. The number of carboxylic acid groups (broad SMARTS) is 1. The van der Waals surface area contributed by atoms with Crippen LogP contribution in [0.4, 0.5) is 0 Å². The van der Waals surface area contributed by atoms with Crippen molar-refractivity contribution in [2.24, 2.45) is 11.8 Å². The van der Waals surface area contributed by atoms with E-state index in [0.29, 0.717) is 11.7 Å². The molecule has 1 fully saturated rings. The Labute approximate surface area is 183 Å². The van der Waals surface area contributed by atoms with Gasteiger partial charge in [0.05, 0.1) is 12.2 Å². The van der Waals surface area contributed by atoms with Crippen LogP contribution in [-0.4, -0.2) is 23.8 Å². The summed E-state index contributed by atoms with van der Waals surface area (Å²) in [5, 5.41) is 9.75. The molecule has 1 heterocycles. The van der Waals surface area contributed by atoms with Crippen molar-refractivity contribution in [3.05, 3.63) is 76.8 Å². The SMILES string of the molecule is C=C(C)[C@@H]1C[C@@H](c2ccc(Cl)cc2)[C@@H](C(C)C)O[C@H]1c1ccccc1OCC(=O)O. The molecule has 4 atom stereocenters. The fourth-order valence-electron chi connectivity index (χ4n) is 4.28. The maximum atomic E-state index is 11.0. The number of halogens is 1. The van der Waals surface area contributed by atoms with Gasteiger partial charge in [-0.1, -0.05) is 67.9 Å². The van der Waals surface area contributed by atoms with Gasteiger partial charge in [0.15, 0.2) is 6.61 Å². The Morgan fingerprint density at radius 3 is 2.50 bits per heavy atom. The van der Waals surface area contributed by atoms with Gasteiger partial charge < -0.3 is 14.6 Å². The lowest BCUT2D eigenvalue weighted by Crippen LogP contribution is -2.39. The standard InChI is InChI=1S/C25H29ClO4/c1-15(2)20-13-21(17-9-11-18(26)12-10-17)24(16(3)4)30-25(20)19-7-5-6-8-22(19)29-14-23(27)28/h5-12,16,20-21,24-25H,1,13-14H2,2-4H3,(H,27,28)/t20-,21-,24+,25-/m0/s1. The van der Waals surface area contributed by atoms with Crippen LogP contribution < -0.4 is 4.74 Å². The molecule has 30 heavy (non-hydrogen) atoms. The molecule has 0 unspecified atom stereocenters. The fourth-order valence-corrected chi connectivity index (χ4v) is 4.41. The van der Waals surface area contributed by atoms with Crippen molar-refractivity contribution in [2.75, 3.05) is 6.61 Å². The van der Waals surface area contributed by atoms with Crippen LogP contribution in [0.2, 0.25) is 5.02 Å². The second-order valence-corrected chi connectivity index (χ2v) is 8.77. The molecule has 0 amide bonds. The first-order valence-electron chi connectivity index (χ1n) is 10.3. The highest BCUT2D eigenvalue weighted by Crippen LogP contribution is 2.49. The Hall–Kier alpha value is -2.30. The molecule has 0 spiro atoms. The predicted octanol–water partition coefficient (Wildman–Crippen LogP) is 6.27. The van der Waals surface area contributed by atoms with E-state index < -0.39 is 5.97 Å². The van der Waals surface area contributed by atoms with Crippen molar-refractivity contribution >= 4 is 17.6 Å². The van der Waals surface area contributed by atoms with Crippen LogP contribution in [0.25, 0.3) is 0 Å². The zero-order chi connectivity index (χ0) is 21.8. The zero-order valence-corrected chi connectivity index (χ0v) is 18.4. The summed E-state index contributed by atoms with van der Waals surface area (Å²) < 4.78 is 12.3. The Balaban J connectivity index is 1.97. The third-order valence-electron chi connectivity index (χ3n) is 5.74. The molecule has 4 nitrogen and oxygen atoms in total. The van der Waals surface area contributed by atoms with Gasteiger partial charge in [-0.25, -0.2) is 4.79 Å². The molecule has 5 heteroatoms. The van der Waals surface area contributed by atoms with Crippen molar-refractivity contribution < 1.29 is 19.4 Å². The minimum absolute atomic E-state index is 0.000643. The molecule has 0 bridgehead atoms. The molecule has 0 saturated carbocycles. The molecular formula is C25H29ClO4. The van der Waals surface area contributed by atoms with Crippen LogP contribution in [0.5, 0.6) is 5.75 Å². The lowest BCUT2D eigenvalue weighted by molar-refractivity contribution is -0.139. The molecule has 0 radical (unpaired) electrons. The third kappa shape index (κ3) is 5.05. The van der Waals surface area contributed by atoms with Gasteiger partial charge >= 0.3 is 5.97 Å². The van der Waals surface area contributed by atoms with E-state index in [1.165, 1.54) is 5.56 Å². The molecule has 1 aliphatic rings. The number of hydrogen-bond acceptors (Lipinski definition) is 3. The van der Waals surface area contributed by atoms with Crippen molar-refractivity contribution in [1.82, 2.24) is 0 Å². The summed E-state index contributed by atoms with van der Waals surface area (Å²) in [6, 6.07) is 15.5. The molecule has 2 aromatic carbocycles. The molecule has 1 saturated heterocycles. The lowest BCUT2D eigenvalue weighted by atomic mass is 9.73. The highest BCUT2D eigenvalue weighted by atomic mass is 35.5. The van der Waals surface area contributed by atoms with E-state index in [1.54, 1.807) is 6.07 Å². The second-order valence-electron chi connectivity index (χ2n) is 8.33. The summed E-state index contributed by atoms with van der Waals surface area (Å²) in [6.07, 6.45) is 0.639. The van der Waals surface area contributed by atoms with E-state index in [9.17, 15) is 4.79 Å². The van der Waals surface area contributed by atoms with E-state index >= 15 is 0 Å². The zero-order valence-electron chi connectivity index (χ0n) is 17.7. The number of carbonyl (C=O) groups is 1. The van der Waals surface area contributed by atoms with Gasteiger partial charge in [0.25, 0.3) is 0 Å². The predicted molar refractivity (Wildman–Crippen MR) is 119 cm³/mol. The summed E-state index contributed by atoms with van der Waals surface area (Å²) in [4.78, 5) is 11.0. The van der Waals surface area contributed by atoms with Gasteiger partial charge in [0, 0.05) is 22.4 Å². The van der Waals surface area contributed by atoms with E-state index in [-0.39, 0.29) is 30.7 Å². The molecule has 1 aliphatic heterocycles. The lowest BCUT2D eigenvalue weighted by Gasteiger charge is -2.44. The summed E-state index contributed by atoms with van der Waals surface area (Å²) >= 11 is 6.10. The van der Waals surface area contributed by atoms with Crippen LogP contribution in [0, 0.1) is 11.8 Å². The summed E-state index contributed by atoms with van der Waals surface area (Å²) in [6.45, 7) is 10.2. The second kappa shape index (κ2) is 9.67. The smallest absolute Gasteiger partial charge is 0.341 e. The molecular weight excluding hydrogens is 400 g/mol. The van der Waals surface area contributed by atoms with Gasteiger partial charge in [0.2, 0.25) is 0 Å². The van der Waals surface area contributed by atoms with Crippen molar-refractivity contribution in [2.45, 2.75) is 45.3 Å². The van der Waals surface area contributed by atoms with Gasteiger partial charge in [-0.2, -0.15) is 0 Å². The first-order chi connectivity index (χ1) is 14.3. The Bertz CT molecular complexity index is 890. The van der Waals surface area contributed by atoms with E-state index in [0.717, 1.165) is 22.6 Å². The quantitative estimate of drug-likeness (QED) is 0.528. The monoisotopic (exact) mass is 428 g/mol. The fraction of sp³-hybridized carbons (Fsp3) is 0.400. The van der Waals surface area contributed by atoms with Crippen LogP contribution in [-0.2, 0) is 9.53 Å². The highest BCUT2D eigenvalue weighted by molar-refractivity contribution is 6.30. The number of aliphatic carboxylic acids is 1. The Kier molecular flexibility index (Phi) is 7.22. The van der Waals surface area contributed by atoms with E-state index in [2.05, 4.69) is 32.6 Å². The number of carboxylic acids is 1. The van der Waals surface area contributed by atoms with Crippen molar-refractivity contribution in [3.63, 3.8) is 0 Å². The number of ether oxygens (including phenoxy) is 2. The largest absolute Gasteiger partial charge is 0.482 e. The highest BCUT2D eigenvalue weighted by Gasteiger charge is 2.41. The molecule has 2 aromatic rings. The minimum atomic E-state index is -1.01. The molecule has 3 rings (SSSR count). The average molecular weight is 429 g/mol. The molecule has 0 aliphatic carbocycles. The first-order valence-corrected chi connectivity index (χ1v) is 10.7. The number of hydrogen-bond donors (Lipinski definition) is 1. The third-order valence-corrected chi connectivity index (χ3v) is 5.99. The van der Waals surface area contributed by atoms with Crippen LogP contribution in [0.1, 0.15) is 50.3 Å². The van der Waals surface area contributed by atoms with Gasteiger partial charge in [-0.15, -0.1) is 0 Å². The number of rotatable bonds is 7. The average Bonchev–Trinajstić information content (AvgIpc) is 2.72. The maximum absolute atomic E-state index is 11.0. The van der Waals surface area contributed by atoms with E-state index in [4.69, 9.17) is 26.2 Å². The van der Waals surface area contributed by atoms with Crippen LogP contribution >= 0.6 is 11.6 Å². The Morgan fingerprint density at radius 2 is 1.90 bits per heavy atom. The molecule has 0 aromatic heterocycles. The van der Waals surface area contributed by atoms with Gasteiger partial charge in [-0.05, 0) is 43.0 Å². The summed E-state index contributed by atoms with van der Waals surface area (Å²) in [5.74, 6) is 0.131.